The smallest absolute Gasteiger partial charge is 0.419 e. The zero-order chi connectivity index (χ0) is 23.5. The summed E-state index contributed by atoms with van der Waals surface area (Å²) >= 11 is 0. The van der Waals surface area contributed by atoms with Crippen LogP contribution in [-0.2, 0) is 21.8 Å². The molecule has 3 rings (SSSR count). The van der Waals surface area contributed by atoms with Crippen LogP contribution >= 0.6 is 0 Å². The molecule has 1 unspecified atom stereocenters. The third-order valence-corrected chi connectivity index (χ3v) is 6.57. The zero-order valence-corrected chi connectivity index (χ0v) is 19.0. The van der Waals surface area contributed by atoms with Crippen LogP contribution in [0.2, 0.25) is 0 Å². The number of rotatable bonds is 5. The van der Waals surface area contributed by atoms with Crippen LogP contribution in [0.15, 0.2) is 87.5 Å². The molecule has 0 aromatic heterocycles. The second-order valence-electron chi connectivity index (χ2n) is 8.01. The summed E-state index contributed by atoms with van der Waals surface area (Å²) in [6.07, 6.45) is -4.55. The zero-order valence-electron chi connectivity index (χ0n) is 18.2. The fraction of sp³-hybridized carbons (Fsp3) is 0.240. The molecular formula is C25H24F3O3S+. The Morgan fingerprint density at radius 1 is 0.812 bits per heavy atom. The first-order valence-electron chi connectivity index (χ1n) is 9.87. The minimum Gasteiger partial charge on any atom is -0.487 e. The first kappa shape index (κ1) is 23.7. The molecule has 0 aliphatic heterocycles. The lowest BCUT2D eigenvalue weighted by Crippen LogP contribution is -2.25. The maximum atomic E-state index is 13.7. The molecule has 0 N–H and O–H groups in total. The number of hydrogen-bond acceptors (Lipinski definition) is 3. The van der Waals surface area contributed by atoms with Gasteiger partial charge in [-0.15, -0.1) is 0 Å². The van der Waals surface area contributed by atoms with Crippen molar-refractivity contribution < 1.29 is 27.4 Å². The van der Waals surface area contributed by atoms with E-state index in [9.17, 15) is 18.0 Å². The summed E-state index contributed by atoms with van der Waals surface area (Å²) in [7, 11) is 0.531. The van der Waals surface area contributed by atoms with Crippen molar-refractivity contribution in [1.82, 2.24) is 0 Å². The standard InChI is InChI=1S/C25H24F3O3S/c1-24(2,3)31-22-16-20(13-14-21(22)25(26,27)28)32(18-10-6-5-7-11-18)19-12-8-9-17(15-19)23(29)30-4/h5-16H,1-4H3/q+1. The fourth-order valence-electron chi connectivity index (χ4n) is 3.11. The molecule has 3 nitrogen and oxygen atoms in total. The van der Waals surface area contributed by atoms with Crippen LogP contribution in [0.5, 0.6) is 5.75 Å². The highest BCUT2D eigenvalue weighted by Gasteiger charge is 2.38. The molecular weight excluding hydrogens is 437 g/mol. The highest BCUT2D eigenvalue weighted by molar-refractivity contribution is 7.97. The summed E-state index contributed by atoms with van der Waals surface area (Å²) < 4.78 is 51.5. The highest BCUT2D eigenvalue weighted by atomic mass is 32.2. The number of esters is 1. The molecule has 32 heavy (non-hydrogen) atoms. The van der Waals surface area contributed by atoms with Crippen molar-refractivity contribution in [2.45, 2.75) is 47.2 Å². The average molecular weight is 462 g/mol. The van der Waals surface area contributed by atoms with Gasteiger partial charge in [-0.05, 0) is 57.2 Å². The maximum Gasteiger partial charge on any atom is 0.419 e. The van der Waals surface area contributed by atoms with Gasteiger partial charge in [0.1, 0.15) is 11.4 Å². The van der Waals surface area contributed by atoms with E-state index in [0.717, 1.165) is 15.9 Å². The van der Waals surface area contributed by atoms with Crippen LogP contribution in [0.1, 0.15) is 36.7 Å². The van der Waals surface area contributed by atoms with E-state index in [0.29, 0.717) is 10.5 Å². The Morgan fingerprint density at radius 3 is 2.03 bits per heavy atom. The van der Waals surface area contributed by atoms with Gasteiger partial charge in [0.2, 0.25) is 0 Å². The third kappa shape index (κ3) is 5.65. The first-order valence-corrected chi connectivity index (χ1v) is 11.1. The van der Waals surface area contributed by atoms with Gasteiger partial charge < -0.3 is 9.47 Å². The highest BCUT2D eigenvalue weighted by Crippen LogP contribution is 2.41. The Kier molecular flexibility index (Phi) is 6.88. The summed E-state index contributed by atoms with van der Waals surface area (Å²) in [6.45, 7) is 5.11. The molecule has 0 aliphatic rings. The van der Waals surface area contributed by atoms with E-state index in [4.69, 9.17) is 9.47 Å². The maximum absolute atomic E-state index is 13.7. The van der Waals surface area contributed by atoms with E-state index in [2.05, 4.69) is 0 Å². The molecule has 3 aromatic rings. The Balaban J connectivity index is 2.20. The Bertz CT molecular complexity index is 1090. The largest absolute Gasteiger partial charge is 0.487 e. The number of benzene rings is 3. The van der Waals surface area contributed by atoms with Crippen LogP contribution in [0, 0.1) is 0 Å². The second-order valence-corrected chi connectivity index (χ2v) is 10.0. The van der Waals surface area contributed by atoms with Gasteiger partial charge in [-0.1, -0.05) is 24.3 Å². The van der Waals surface area contributed by atoms with E-state index in [-0.39, 0.29) is 5.75 Å². The van der Waals surface area contributed by atoms with Crippen molar-refractivity contribution in [1.29, 1.82) is 0 Å². The Morgan fingerprint density at radius 2 is 1.44 bits per heavy atom. The molecule has 7 heteroatoms. The van der Waals surface area contributed by atoms with Gasteiger partial charge in [-0.2, -0.15) is 13.2 Å². The summed E-state index contributed by atoms with van der Waals surface area (Å²) in [5.74, 6) is -0.701. The normalized spacial score (nSPS) is 12.8. The Hall–Kier alpha value is -2.93. The van der Waals surface area contributed by atoms with Crippen molar-refractivity contribution in [2.24, 2.45) is 0 Å². The monoisotopic (exact) mass is 461 g/mol. The molecule has 168 valence electrons. The van der Waals surface area contributed by atoms with Crippen molar-refractivity contribution in [2.75, 3.05) is 7.11 Å². The van der Waals surface area contributed by atoms with Gasteiger partial charge in [0.05, 0.1) is 29.1 Å². The minimum atomic E-state index is -4.55. The molecule has 0 bridgehead atoms. The SMILES string of the molecule is COC(=O)c1cccc([S+](c2ccccc2)c2ccc(C(F)(F)F)c(OC(C)(C)C)c2)c1. The number of methoxy groups -OCH3 is 1. The van der Waals surface area contributed by atoms with E-state index in [1.807, 2.05) is 36.4 Å². The van der Waals surface area contributed by atoms with E-state index < -0.39 is 34.2 Å². The molecule has 0 fully saturated rings. The molecule has 1 atom stereocenters. The van der Waals surface area contributed by atoms with Gasteiger partial charge in [0, 0.05) is 12.1 Å². The molecule has 0 radical (unpaired) electrons. The number of carbonyl (C=O) groups excluding carboxylic acids is 1. The summed E-state index contributed by atoms with van der Waals surface area (Å²) in [5.41, 5.74) is -1.26. The van der Waals surface area contributed by atoms with Gasteiger partial charge in [0.25, 0.3) is 0 Å². The molecule has 0 amide bonds. The van der Waals surface area contributed by atoms with Crippen molar-refractivity contribution in [3.05, 3.63) is 83.9 Å². The van der Waals surface area contributed by atoms with E-state index >= 15 is 0 Å². The third-order valence-electron chi connectivity index (χ3n) is 4.38. The lowest BCUT2D eigenvalue weighted by molar-refractivity contribution is -0.139. The van der Waals surface area contributed by atoms with Gasteiger partial charge >= 0.3 is 12.1 Å². The average Bonchev–Trinajstić information content (AvgIpc) is 2.72. The molecule has 0 saturated heterocycles. The molecule has 0 aliphatic carbocycles. The van der Waals surface area contributed by atoms with Crippen molar-refractivity contribution >= 4 is 16.9 Å². The lowest BCUT2D eigenvalue weighted by Gasteiger charge is -2.24. The van der Waals surface area contributed by atoms with Gasteiger partial charge in [0.15, 0.2) is 14.7 Å². The summed E-state index contributed by atoms with van der Waals surface area (Å²) in [4.78, 5) is 14.4. The van der Waals surface area contributed by atoms with Crippen LogP contribution in [0.3, 0.4) is 0 Å². The minimum absolute atomic E-state index is 0.222. The predicted octanol–water partition coefficient (Wildman–Crippen LogP) is 6.76. The van der Waals surface area contributed by atoms with Crippen molar-refractivity contribution in [3.8, 4) is 5.75 Å². The number of alkyl halides is 3. The molecule has 0 saturated carbocycles. The molecule has 0 spiro atoms. The number of hydrogen-bond donors (Lipinski definition) is 0. The lowest BCUT2D eigenvalue weighted by atomic mass is 10.1. The van der Waals surface area contributed by atoms with Crippen LogP contribution in [0.4, 0.5) is 13.2 Å². The van der Waals surface area contributed by atoms with Crippen LogP contribution < -0.4 is 4.74 Å². The topological polar surface area (TPSA) is 35.5 Å². The summed E-state index contributed by atoms with van der Waals surface area (Å²) in [6, 6.07) is 20.4. The van der Waals surface area contributed by atoms with Gasteiger partial charge in [-0.25, -0.2) is 4.79 Å². The van der Waals surface area contributed by atoms with Crippen LogP contribution in [-0.4, -0.2) is 18.7 Å². The fourth-order valence-corrected chi connectivity index (χ4v) is 5.25. The molecule has 3 aromatic carbocycles. The number of halogens is 3. The summed E-state index contributed by atoms with van der Waals surface area (Å²) in [5, 5.41) is 0. The second kappa shape index (κ2) is 9.28. The van der Waals surface area contributed by atoms with Crippen LogP contribution in [0.25, 0.3) is 0 Å². The van der Waals surface area contributed by atoms with Gasteiger partial charge in [-0.3, -0.25) is 0 Å². The molecule has 0 heterocycles. The first-order chi connectivity index (χ1) is 15.0. The predicted molar refractivity (Wildman–Crippen MR) is 118 cm³/mol. The van der Waals surface area contributed by atoms with Crippen molar-refractivity contribution in [3.63, 3.8) is 0 Å². The van der Waals surface area contributed by atoms with E-state index in [1.165, 1.54) is 19.2 Å². The number of ether oxygens (including phenoxy) is 2. The number of carbonyl (C=O) groups is 1. The quantitative estimate of drug-likeness (QED) is 0.311. The van der Waals surface area contributed by atoms with E-state index in [1.54, 1.807) is 39.0 Å². The Labute approximate surface area is 188 Å².